The molecule has 4 N–H and O–H groups in total. The van der Waals surface area contributed by atoms with Gasteiger partial charge in [0.1, 0.15) is 0 Å². The standard InChI is InChI=1S/C14H19N3O2/c1-14(2)4-3-8(7-14)16-10-6-11-12(5-9(10)15)19-13(18)17-11/h5-6,8,16H,3-4,7,15H2,1-2H3,(H,17,18). The monoisotopic (exact) mass is 261 g/mol. The number of aromatic amines is 1. The summed E-state index contributed by atoms with van der Waals surface area (Å²) < 4.78 is 4.99. The van der Waals surface area contributed by atoms with Crippen LogP contribution in [0, 0.1) is 5.41 Å². The number of hydrogen-bond acceptors (Lipinski definition) is 4. The van der Waals surface area contributed by atoms with Crippen molar-refractivity contribution in [2.24, 2.45) is 5.41 Å². The van der Waals surface area contributed by atoms with Gasteiger partial charge in [-0.1, -0.05) is 13.8 Å². The number of rotatable bonds is 2. The first-order chi connectivity index (χ1) is 8.93. The zero-order chi connectivity index (χ0) is 13.6. The van der Waals surface area contributed by atoms with Gasteiger partial charge in [0.2, 0.25) is 0 Å². The van der Waals surface area contributed by atoms with Crippen LogP contribution in [0.2, 0.25) is 0 Å². The zero-order valence-corrected chi connectivity index (χ0v) is 11.2. The second kappa shape index (κ2) is 4.05. The number of aromatic nitrogens is 1. The Bertz CT molecular complexity index is 669. The predicted octanol–water partition coefficient (Wildman–Crippen LogP) is 2.69. The highest BCUT2D eigenvalue weighted by Gasteiger charge is 2.31. The molecule has 0 amide bonds. The highest BCUT2D eigenvalue weighted by Crippen LogP contribution is 2.39. The molecule has 5 nitrogen and oxygen atoms in total. The summed E-state index contributed by atoms with van der Waals surface area (Å²) in [5.74, 6) is -0.450. The number of nitrogen functional groups attached to an aromatic ring is 1. The van der Waals surface area contributed by atoms with Crippen LogP contribution in [0.25, 0.3) is 11.1 Å². The fourth-order valence-corrected chi connectivity index (χ4v) is 2.92. The van der Waals surface area contributed by atoms with E-state index in [4.69, 9.17) is 10.2 Å². The van der Waals surface area contributed by atoms with Gasteiger partial charge in [-0.05, 0) is 30.7 Å². The van der Waals surface area contributed by atoms with E-state index in [1.807, 2.05) is 6.07 Å². The third-order valence-electron chi connectivity index (χ3n) is 3.92. The number of H-pyrrole nitrogens is 1. The van der Waals surface area contributed by atoms with Crippen molar-refractivity contribution in [1.82, 2.24) is 4.98 Å². The third-order valence-corrected chi connectivity index (χ3v) is 3.92. The number of hydrogen-bond donors (Lipinski definition) is 3. The quantitative estimate of drug-likeness (QED) is 0.726. The number of anilines is 2. The SMILES string of the molecule is CC1(C)CCC(Nc2cc3[nH]c(=O)oc3cc2N)C1. The Balaban J connectivity index is 1.88. The molecule has 1 heterocycles. The van der Waals surface area contributed by atoms with Crippen LogP contribution in [0.3, 0.4) is 0 Å². The van der Waals surface area contributed by atoms with Crippen LogP contribution in [-0.4, -0.2) is 11.0 Å². The fraction of sp³-hybridized carbons (Fsp3) is 0.500. The average molecular weight is 261 g/mol. The predicted molar refractivity (Wildman–Crippen MR) is 76.3 cm³/mol. The van der Waals surface area contributed by atoms with Gasteiger partial charge in [-0.2, -0.15) is 0 Å². The smallest absolute Gasteiger partial charge is 0.408 e. The van der Waals surface area contributed by atoms with Crippen molar-refractivity contribution in [3.63, 3.8) is 0 Å². The summed E-state index contributed by atoms with van der Waals surface area (Å²) in [6, 6.07) is 3.98. The van der Waals surface area contributed by atoms with Gasteiger partial charge < -0.3 is 15.5 Å². The van der Waals surface area contributed by atoms with Crippen molar-refractivity contribution in [1.29, 1.82) is 0 Å². The lowest BCUT2D eigenvalue weighted by Crippen LogP contribution is -2.18. The minimum atomic E-state index is -0.450. The van der Waals surface area contributed by atoms with E-state index in [9.17, 15) is 4.79 Å². The molecule has 1 aromatic heterocycles. The molecular formula is C14H19N3O2. The van der Waals surface area contributed by atoms with Crippen molar-refractivity contribution < 1.29 is 4.42 Å². The lowest BCUT2D eigenvalue weighted by molar-refractivity contribution is 0.378. The van der Waals surface area contributed by atoms with Crippen LogP contribution in [0.1, 0.15) is 33.1 Å². The number of nitrogens with two attached hydrogens (primary N) is 1. The van der Waals surface area contributed by atoms with Crippen molar-refractivity contribution in [2.75, 3.05) is 11.1 Å². The first kappa shape index (κ1) is 12.1. The van der Waals surface area contributed by atoms with Crippen LogP contribution < -0.4 is 16.8 Å². The Hall–Kier alpha value is -1.91. The van der Waals surface area contributed by atoms with Crippen molar-refractivity contribution >= 4 is 22.5 Å². The molecule has 1 saturated carbocycles. The summed E-state index contributed by atoms with van der Waals surface area (Å²) in [6.45, 7) is 4.57. The Kier molecular flexibility index (Phi) is 2.59. The first-order valence-electron chi connectivity index (χ1n) is 6.62. The molecule has 19 heavy (non-hydrogen) atoms. The fourth-order valence-electron chi connectivity index (χ4n) is 2.92. The highest BCUT2D eigenvalue weighted by molar-refractivity contribution is 5.85. The van der Waals surface area contributed by atoms with Crippen molar-refractivity contribution in [3.05, 3.63) is 22.7 Å². The molecule has 102 valence electrons. The van der Waals surface area contributed by atoms with Crippen molar-refractivity contribution in [3.8, 4) is 0 Å². The molecule has 3 rings (SSSR count). The maximum absolute atomic E-state index is 11.2. The van der Waals surface area contributed by atoms with Crippen LogP contribution in [0.4, 0.5) is 11.4 Å². The number of oxazole rings is 1. The normalized spacial score (nSPS) is 21.9. The van der Waals surface area contributed by atoms with E-state index in [-0.39, 0.29) is 0 Å². The van der Waals surface area contributed by atoms with Crippen LogP contribution >= 0.6 is 0 Å². The molecule has 2 aromatic rings. The van der Waals surface area contributed by atoms with E-state index in [1.54, 1.807) is 6.07 Å². The molecule has 1 atom stereocenters. The van der Waals surface area contributed by atoms with Gasteiger partial charge in [0.15, 0.2) is 5.58 Å². The minimum Gasteiger partial charge on any atom is -0.408 e. The summed E-state index contributed by atoms with van der Waals surface area (Å²) in [7, 11) is 0. The first-order valence-corrected chi connectivity index (χ1v) is 6.62. The molecule has 5 heteroatoms. The van der Waals surface area contributed by atoms with Gasteiger partial charge in [-0.15, -0.1) is 0 Å². The van der Waals surface area contributed by atoms with Gasteiger partial charge in [0.05, 0.1) is 16.9 Å². The summed E-state index contributed by atoms with van der Waals surface area (Å²) in [5.41, 5.74) is 9.05. The lowest BCUT2D eigenvalue weighted by Gasteiger charge is -2.19. The second-order valence-electron chi connectivity index (χ2n) is 6.20. The average Bonchev–Trinajstić information content (AvgIpc) is 2.81. The van der Waals surface area contributed by atoms with E-state index in [0.29, 0.717) is 28.2 Å². The van der Waals surface area contributed by atoms with E-state index >= 15 is 0 Å². The molecule has 0 aliphatic heterocycles. The Morgan fingerprint density at radius 3 is 2.95 bits per heavy atom. The lowest BCUT2D eigenvalue weighted by atomic mass is 9.92. The van der Waals surface area contributed by atoms with E-state index in [1.165, 1.54) is 6.42 Å². The largest absolute Gasteiger partial charge is 0.417 e. The van der Waals surface area contributed by atoms with Crippen LogP contribution in [0.5, 0.6) is 0 Å². The summed E-state index contributed by atoms with van der Waals surface area (Å²) in [5, 5.41) is 3.48. The molecule has 0 saturated heterocycles. The third kappa shape index (κ3) is 2.32. The van der Waals surface area contributed by atoms with Crippen LogP contribution in [-0.2, 0) is 0 Å². The van der Waals surface area contributed by atoms with Gasteiger partial charge in [0, 0.05) is 12.1 Å². The highest BCUT2D eigenvalue weighted by atomic mass is 16.4. The topological polar surface area (TPSA) is 84.0 Å². The summed E-state index contributed by atoms with van der Waals surface area (Å²) in [4.78, 5) is 13.8. The molecule has 1 aromatic carbocycles. The molecule has 0 spiro atoms. The maximum Gasteiger partial charge on any atom is 0.417 e. The minimum absolute atomic E-state index is 0.389. The Morgan fingerprint density at radius 1 is 1.47 bits per heavy atom. The van der Waals surface area contributed by atoms with Gasteiger partial charge in [-0.25, -0.2) is 4.79 Å². The van der Waals surface area contributed by atoms with Crippen molar-refractivity contribution in [2.45, 2.75) is 39.2 Å². The molecule has 1 aliphatic carbocycles. The summed E-state index contributed by atoms with van der Waals surface area (Å²) >= 11 is 0. The van der Waals surface area contributed by atoms with E-state index < -0.39 is 5.76 Å². The Morgan fingerprint density at radius 2 is 2.26 bits per heavy atom. The van der Waals surface area contributed by atoms with E-state index in [0.717, 1.165) is 18.5 Å². The maximum atomic E-state index is 11.2. The molecule has 0 radical (unpaired) electrons. The summed E-state index contributed by atoms with van der Waals surface area (Å²) in [6.07, 6.45) is 3.49. The number of benzene rings is 1. The molecule has 1 fully saturated rings. The zero-order valence-electron chi connectivity index (χ0n) is 11.2. The van der Waals surface area contributed by atoms with E-state index in [2.05, 4.69) is 24.1 Å². The Labute approximate surface area is 111 Å². The van der Waals surface area contributed by atoms with Gasteiger partial charge >= 0.3 is 5.76 Å². The van der Waals surface area contributed by atoms with Gasteiger partial charge in [0.25, 0.3) is 0 Å². The molecular weight excluding hydrogens is 242 g/mol. The van der Waals surface area contributed by atoms with Gasteiger partial charge in [-0.3, -0.25) is 4.98 Å². The molecule has 1 unspecified atom stereocenters. The molecule has 0 bridgehead atoms. The number of fused-ring (bicyclic) bond motifs is 1. The number of nitrogens with one attached hydrogen (secondary N) is 2. The van der Waals surface area contributed by atoms with Crippen LogP contribution in [0.15, 0.2) is 21.3 Å². The second-order valence-corrected chi connectivity index (χ2v) is 6.20. The molecule has 1 aliphatic rings.